The minimum atomic E-state index is -0.570. The van der Waals surface area contributed by atoms with E-state index in [2.05, 4.69) is 12.1 Å². The van der Waals surface area contributed by atoms with Crippen LogP contribution in [0.1, 0.15) is 27.0 Å². The maximum Gasteiger partial charge on any atom is 0.331 e. The second-order valence-corrected chi connectivity index (χ2v) is 7.06. The van der Waals surface area contributed by atoms with Crippen molar-refractivity contribution in [2.24, 2.45) is 0 Å². The molecule has 0 aromatic heterocycles. The van der Waals surface area contributed by atoms with E-state index in [1.807, 2.05) is 30.3 Å². The van der Waals surface area contributed by atoms with E-state index in [1.165, 1.54) is 17.2 Å². The molecular weight excluding hydrogens is 372 g/mol. The SMILES string of the molecule is O=C(/C=C/c1cccc(Cl)c1)OCC(=O)c1ccc2c(c1)-c1ccccc1C2. The number of carbonyl (C=O) groups excluding carboxylic acids is 2. The van der Waals surface area contributed by atoms with E-state index in [0.717, 1.165) is 23.1 Å². The molecule has 0 aliphatic heterocycles. The Morgan fingerprint density at radius 3 is 2.61 bits per heavy atom. The molecule has 0 amide bonds. The van der Waals surface area contributed by atoms with Crippen molar-refractivity contribution in [3.8, 4) is 11.1 Å². The van der Waals surface area contributed by atoms with Crippen molar-refractivity contribution < 1.29 is 14.3 Å². The smallest absolute Gasteiger partial charge is 0.331 e. The molecule has 28 heavy (non-hydrogen) atoms. The van der Waals surface area contributed by atoms with Gasteiger partial charge in [0.1, 0.15) is 0 Å². The van der Waals surface area contributed by atoms with Crippen LogP contribution in [0.25, 0.3) is 17.2 Å². The lowest BCUT2D eigenvalue weighted by Gasteiger charge is -2.06. The van der Waals surface area contributed by atoms with Crippen molar-refractivity contribution in [1.29, 1.82) is 0 Å². The zero-order chi connectivity index (χ0) is 19.5. The first kappa shape index (κ1) is 18.2. The number of rotatable bonds is 5. The van der Waals surface area contributed by atoms with Gasteiger partial charge in [0.05, 0.1) is 0 Å². The molecule has 0 spiro atoms. The minimum Gasteiger partial charge on any atom is -0.454 e. The summed E-state index contributed by atoms with van der Waals surface area (Å²) in [7, 11) is 0. The van der Waals surface area contributed by atoms with Crippen LogP contribution in [0.2, 0.25) is 5.02 Å². The van der Waals surface area contributed by atoms with Crippen molar-refractivity contribution in [2.45, 2.75) is 6.42 Å². The number of halogens is 1. The van der Waals surface area contributed by atoms with Gasteiger partial charge in [-0.15, -0.1) is 0 Å². The summed E-state index contributed by atoms with van der Waals surface area (Å²) in [6.45, 7) is -0.293. The van der Waals surface area contributed by atoms with Gasteiger partial charge in [-0.2, -0.15) is 0 Å². The van der Waals surface area contributed by atoms with Crippen LogP contribution in [0, 0.1) is 0 Å². The molecule has 138 valence electrons. The Morgan fingerprint density at radius 1 is 0.929 bits per heavy atom. The van der Waals surface area contributed by atoms with Crippen LogP contribution in [0.5, 0.6) is 0 Å². The van der Waals surface area contributed by atoms with Crippen molar-refractivity contribution in [3.05, 3.63) is 100 Å². The van der Waals surface area contributed by atoms with Gasteiger partial charge in [0.15, 0.2) is 12.4 Å². The molecule has 0 saturated heterocycles. The molecule has 0 unspecified atom stereocenters. The Labute approximate surface area is 168 Å². The average Bonchev–Trinajstić information content (AvgIpc) is 3.08. The zero-order valence-electron chi connectivity index (χ0n) is 15.0. The largest absolute Gasteiger partial charge is 0.454 e. The van der Waals surface area contributed by atoms with Crippen LogP contribution in [0.3, 0.4) is 0 Å². The number of hydrogen-bond acceptors (Lipinski definition) is 3. The summed E-state index contributed by atoms with van der Waals surface area (Å²) in [6.07, 6.45) is 3.77. The number of Topliss-reactive ketones (excluding diaryl/α,β-unsaturated/α-hetero) is 1. The Hall–Kier alpha value is -3.17. The van der Waals surface area contributed by atoms with E-state index in [-0.39, 0.29) is 12.4 Å². The van der Waals surface area contributed by atoms with Gasteiger partial charge in [-0.3, -0.25) is 4.79 Å². The molecule has 0 saturated carbocycles. The molecule has 0 bridgehead atoms. The Bertz CT molecular complexity index is 1100. The quantitative estimate of drug-likeness (QED) is 0.263. The molecule has 0 radical (unpaired) electrons. The van der Waals surface area contributed by atoms with Crippen molar-refractivity contribution in [2.75, 3.05) is 6.61 Å². The number of esters is 1. The lowest BCUT2D eigenvalue weighted by atomic mass is 10.0. The third kappa shape index (κ3) is 3.90. The molecule has 1 aliphatic carbocycles. The first-order valence-corrected chi connectivity index (χ1v) is 9.33. The van der Waals surface area contributed by atoms with Gasteiger partial charge in [-0.1, -0.05) is 60.1 Å². The van der Waals surface area contributed by atoms with Gasteiger partial charge >= 0.3 is 5.97 Å². The van der Waals surface area contributed by atoms with E-state index in [4.69, 9.17) is 16.3 Å². The monoisotopic (exact) mass is 388 g/mol. The molecule has 0 N–H and O–H groups in total. The first-order valence-electron chi connectivity index (χ1n) is 8.95. The summed E-state index contributed by atoms with van der Waals surface area (Å²) >= 11 is 5.91. The third-order valence-corrected chi connectivity index (χ3v) is 4.96. The zero-order valence-corrected chi connectivity index (χ0v) is 15.8. The predicted molar refractivity (Wildman–Crippen MR) is 110 cm³/mol. The fraction of sp³-hybridized carbons (Fsp3) is 0.0833. The van der Waals surface area contributed by atoms with E-state index in [0.29, 0.717) is 10.6 Å². The van der Waals surface area contributed by atoms with Gasteiger partial charge in [0, 0.05) is 16.7 Å². The number of hydrogen-bond donors (Lipinski definition) is 0. The van der Waals surface area contributed by atoms with Gasteiger partial charge < -0.3 is 4.74 Å². The topological polar surface area (TPSA) is 43.4 Å². The summed E-state index contributed by atoms with van der Waals surface area (Å²) < 4.78 is 5.09. The first-order chi connectivity index (χ1) is 13.6. The second-order valence-electron chi connectivity index (χ2n) is 6.63. The highest BCUT2D eigenvalue weighted by Crippen LogP contribution is 2.36. The summed E-state index contributed by atoms with van der Waals surface area (Å²) in [5.41, 5.74) is 6.04. The molecule has 0 atom stereocenters. The van der Waals surface area contributed by atoms with Crippen LogP contribution in [-0.4, -0.2) is 18.4 Å². The number of carbonyl (C=O) groups is 2. The normalized spacial score (nSPS) is 11.9. The average molecular weight is 389 g/mol. The second kappa shape index (κ2) is 7.83. The fourth-order valence-corrected chi connectivity index (χ4v) is 3.54. The Balaban J connectivity index is 1.40. The number of ether oxygens (including phenoxy) is 1. The van der Waals surface area contributed by atoms with Crippen LogP contribution >= 0.6 is 11.6 Å². The molecule has 3 aromatic carbocycles. The molecule has 4 rings (SSSR count). The molecule has 0 heterocycles. The maximum absolute atomic E-state index is 12.5. The summed E-state index contributed by atoms with van der Waals surface area (Å²) in [5.74, 6) is -0.795. The number of benzene rings is 3. The highest BCUT2D eigenvalue weighted by molar-refractivity contribution is 6.30. The standard InChI is InChI=1S/C24H17ClO3/c25-20-6-3-4-16(12-20)8-11-24(27)28-15-23(26)19-10-9-18-13-17-5-1-2-7-21(17)22(18)14-19/h1-12,14H,13,15H2/b11-8+. The lowest BCUT2D eigenvalue weighted by Crippen LogP contribution is -2.12. The summed E-state index contributed by atoms with van der Waals surface area (Å²) in [6, 6.07) is 21.0. The molecule has 0 fully saturated rings. The molecule has 1 aliphatic rings. The van der Waals surface area contributed by atoms with Crippen LogP contribution in [0.15, 0.2) is 72.8 Å². The van der Waals surface area contributed by atoms with Crippen LogP contribution in [-0.2, 0) is 16.0 Å². The van der Waals surface area contributed by atoms with Gasteiger partial charge in [0.25, 0.3) is 0 Å². The van der Waals surface area contributed by atoms with Crippen LogP contribution in [0.4, 0.5) is 0 Å². The van der Waals surface area contributed by atoms with Crippen molar-refractivity contribution in [1.82, 2.24) is 0 Å². The van der Waals surface area contributed by atoms with E-state index in [1.54, 1.807) is 30.3 Å². The molecule has 4 heteroatoms. The molecule has 3 aromatic rings. The minimum absolute atomic E-state index is 0.225. The van der Waals surface area contributed by atoms with Gasteiger partial charge in [0.2, 0.25) is 0 Å². The van der Waals surface area contributed by atoms with Crippen molar-refractivity contribution in [3.63, 3.8) is 0 Å². The summed E-state index contributed by atoms with van der Waals surface area (Å²) in [4.78, 5) is 24.4. The highest BCUT2D eigenvalue weighted by Gasteiger charge is 2.19. The van der Waals surface area contributed by atoms with Gasteiger partial charge in [-0.05, 0) is 58.5 Å². The van der Waals surface area contributed by atoms with E-state index in [9.17, 15) is 9.59 Å². The van der Waals surface area contributed by atoms with E-state index >= 15 is 0 Å². The van der Waals surface area contributed by atoms with Crippen molar-refractivity contribution >= 4 is 29.4 Å². The van der Waals surface area contributed by atoms with E-state index < -0.39 is 5.97 Å². The predicted octanol–water partition coefficient (Wildman–Crippen LogP) is 5.35. The number of ketones is 1. The maximum atomic E-state index is 12.5. The fourth-order valence-electron chi connectivity index (χ4n) is 3.34. The highest BCUT2D eigenvalue weighted by atomic mass is 35.5. The van der Waals surface area contributed by atoms with Crippen LogP contribution < -0.4 is 0 Å². The molecule has 3 nitrogen and oxygen atoms in total. The third-order valence-electron chi connectivity index (χ3n) is 4.73. The molecular formula is C24H17ClO3. The van der Waals surface area contributed by atoms with Gasteiger partial charge in [-0.25, -0.2) is 4.79 Å². The number of fused-ring (bicyclic) bond motifs is 3. The Kier molecular flexibility index (Phi) is 5.09. The summed E-state index contributed by atoms with van der Waals surface area (Å²) in [5, 5.41) is 0.587. The Morgan fingerprint density at radius 2 is 1.75 bits per heavy atom. The lowest BCUT2D eigenvalue weighted by molar-refractivity contribution is -0.136.